The molecule has 6 nitrogen and oxygen atoms in total. The number of methoxy groups -OCH3 is 1. The second-order valence-corrected chi connectivity index (χ2v) is 5.74. The van der Waals surface area contributed by atoms with Crippen LogP contribution in [0.1, 0.15) is 27.7 Å². The minimum absolute atomic E-state index is 0.00376. The lowest BCUT2D eigenvalue weighted by Crippen LogP contribution is -2.15. The van der Waals surface area contributed by atoms with E-state index in [0.717, 1.165) is 12.1 Å². The second kappa shape index (κ2) is 7.52. The summed E-state index contributed by atoms with van der Waals surface area (Å²) in [4.78, 5) is 16.3. The van der Waals surface area contributed by atoms with Gasteiger partial charge in [-0.2, -0.15) is 23.5 Å². The number of rotatable bonds is 5. The van der Waals surface area contributed by atoms with Gasteiger partial charge in [0.2, 0.25) is 5.78 Å². The van der Waals surface area contributed by atoms with E-state index in [1.165, 1.54) is 17.9 Å². The molecule has 3 aromatic rings. The molecule has 0 amide bonds. The second-order valence-electron chi connectivity index (χ2n) is 5.74. The Morgan fingerprint density at radius 1 is 1.18 bits per heavy atom. The van der Waals surface area contributed by atoms with Crippen LogP contribution >= 0.6 is 0 Å². The number of carbonyl (C=O) groups is 1. The van der Waals surface area contributed by atoms with Crippen molar-refractivity contribution in [2.75, 3.05) is 7.11 Å². The van der Waals surface area contributed by atoms with Gasteiger partial charge in [-0.15, -0.1) is 0 Å². The van der Waals surface area contributed by atoms with Crippen LogP contribution in [0.5, 0.6) is 5.75 Å². The molecular weight excluding hydrogens is 373 g/mol. The normalized spacial score (nSPS) is 12.2. The zero-order valence-electron chi connectivity index (χ0n) is 14.5. The van der Waals surface area contributed by atoms with E-state index in [-0.39, 0.29) is 11.4 Å². The lowest BCUT2D eigenvalue weighted by molar-refractivity contribution is -0.137. The summed E-state index contributed by atoms with van der Waals surface area (Å²) in [5.41, 5.74) is -0.353. The Bertz CT molecular complexity index is 1020. The van der Waals surface area contributed by atoms with Crippen LogP contribution in [0.3, 0.4) is 0 Å². The Kier molecular flexibility index (Phi) is 5.13. The quantitative estimate of drug-likeness (QED) is 0.624. The fourth-order valence-electron chi connectivity index (χ4n) is 2.48. The largest absolute Gasteiger partial charge is 0.497 e. The summed E-state index contributed by atoms with van der Waals surface area (Å²) in [5.74, 6) is -1.35. The Morgan fingerprint density at radius 3 is 2.43 bits per heavy atom. The topological polar surface area (TPSA) is 80.8 Å². The van der Waals surface area contributed by atoms with Gasteiger partial charge in [0, 0.05) is 12.4 Å². The molecule has 2 aromatic heterocycles. The molecular formula is C19H13F3N4O2. The number of ketones is 1. The molecule has 0 fully saturated rings. The zero-order valence-corrected chi connectivity index (χ0v) is 14.5. The van der Waals surface area contributed by atoms with E-state index >= 15 is 0 Å². The number of nitriles is 1. The summed E-state index contributed by atoms with van der Waals surface area (Å²) >= 11 is 0. The molecule has 9 heteroatoms. The first-order valence-electron chi connectivity index (χ1n) is 8.00. The number of halogens is 3. The standard InChI is InChI=1S/C19H13F3N4O2/c1-28-14-5-3-13(4-6-14)26-9-8-17(25-26)18(27)15(10-23)16-7-2-12(11-24-16)19(20,21)22/h2-9,11,15H,1H3. The van der Waals surface area contributed by atoms with Crippen molar-refractivity contribution < 1.29 is 22.7 Å². The third-order valence-corrected chi connectivity index (χ3v) is 3.98. The molecule has 142 valence electrons. The van der Waals surface area contributed by atoms with Gasteiger partial charge < -0.3 is 4.74 Å². The molecule has 2 heterocycles. The monoisotopic (exact) mass is 386 g/mol. The third kappa shape index (κ3) is 3.86. The van der Waals surface area contributed by atoms with Crippen LogP contribution in [-0.4, -0.2) is 27.7 Å². The van der Waals surface area contributed by atoms with Crippen molar-refractivity contribution in [2.45, 2.75) is 12.1 Å². The van der Waals surface area contributed by atoms with Crippen molar-refractivity contribution in [2.24, 2.45) is 0 Å². The molecule has 1 unspecified atom stereocenters. The SMILES string of the molecule is COc1ccc(-n2ccc(C(=O)C(C#N)c3ccc(C(F)(F)F)cn3)n2)cc1. The average molecular weight is 386 g/mol. The Balaban J connectivity index is 1.84. The maximum absolute atomic E-state index is 12.6. The summed E-state index contributed by atoms with van der Waals surface area (Å²) in [6.07, 6.45) is -2.40. The Morgan fingerprint density at radius 2 is 1.89 bits per heavy atom. The Labute approximate surface area is 157 Å². The molecule has 28 heavy (non-hydrogen) atoms. The predicted molar refractivity (Wildman–Crippen MR) is 92.0 cm³/mol. The van der Waals surface area contributed by atoms with Gasteiger partial charge in [0.25, 0.3) is 0 Å². The van der Waals surface area contributed by atoms with Crippen LogP contribution in [0, 0.1) is 11.3 Å². The maximum atomic E-state index is 12.6. The molecule has 0 aliphatic rings. The average Bonchev–Trinajstić information content (AvgIpc) is 3.18. The van der Waals surface area contributed by atoms with Crippen molar-refractivity contribution in [3.05, 3.63) is 71.8 Å². The van der Waals surface area contributed by atoms with Gasteiger partial charge >= 0.3 is 6.18 Å². The number of ether oxygens (including phenoxy) is 1. The minimum atomic E-state index is -4.55. The number of benzene rings is 1. The van der Waals surface area contributed by atoms with Crippen LogP contribution in [0.2, 0.25) is 0 Å². The molecule has 0 spiro atoms. The number of Topliss-reactive ketones (excluding diaryl/α,β-unsaturated/α-hetero) is 1. The molecule has 0 bridgehead atoms. The van der Waals surface area contributed by atoms with E-state index in [0.29, 0.717) is 17.6 Å². The molecule has 1 atom stereocenters. The number of carbonyl (C=O) groups excluding carboxylic acids is 1. The first-order valence-corrected chi connectivity index (χ1v) is 8.00. The number of alkyl halides is 3. The van der Waals surface area contributed by atoms with E-state index in [1.54, 1.807) is 36.5 Å². The van der Waals surface area contributed by atoms with Crippen molar-refractivity contribution in [1.82, 2.24) is 14.8 Å². The molecule has 0 saturated carbocycles. The molecule has 0 saturated heterocycles. The molecule has 0 N–H and O–H groups in total. The van der Waals surface area contributed by atoms with Crippen molar-refractivity contribution >= 4 is 5.78 Å². The number of aromatic nitrogens is 3. The van der Waals surface area contributed by atoms with Gasteiger partial charge in [-0.05, 0) is 42.5 Å². The smallest absolute Gasteiger partial charge is 0.417 e. The van der Waals surface area contributed by atoms with Crippen LogP contribution in [0.15, 0.2) is 54.9 Å². The highest BCUT2D eigenvalue weighted by molar-refractivity contribution is 6.00. The van der Waals surface area contributed by atoms with Gasteiger partial charge in [0.1, 0.15) is 11.4 Å². The lowest BCUT2D eigenvalue weighted by atomic mass is 9.98. The van der Waals surface area contributed by atoms with Crippen molar-refractivity contribution in [3.8, 4) is 17.5 Å². The molecule has 0 aliphatic heterocycles. The molecule has 3 rings (SSSR count). The van der Waals surface area contributed by atoms with E-state index in [4.69, 9.17) is 4.74 Å². The third-order valence-electron chi connectivity index (χ3n) is 3.98. The van der Waals surface area contributed by atoms with E-state index < -0.39 is 23.4 Å². The Hall–Kier alpha value is -3.67. The zero-order chi connectivity index (χ0) is 20.3. The number of hydrogen-bond donors (Lipinski definition) is 0. The highest BCUT2D eigenvalue weighted by Crippen LogP contribution is 2.29. The highest BCUT2D eigenvalue weighted by atomic mass is 19.4. The minimum Gasteiger partial charge on any atom is -0.497 e. The molecule has 0 radical (unpaired) electrons. The number of hydrogen-bond acceptors (Lipinski definition) is 5. The summed E-state index contributed by atoms with van der Waals surface area (Å²) in [5, 5.41) is 13.5. The highest BCUT2D eigenvalue weighted by Gasteiger charge is 2.32. The number of pyridine rings is 1. The van der Waals surface area contributed by atoms with Gasteiger partial charge in [0.05, 0.1) is 30.1 Å². The van der Waals surface area contributed by atoms with E-state index in [1.807, 2.05) is 0 Å². The number of nitrogens with zero attached hydrogens (tertiary/aromatic N) is 4. The first kappa shape index (κ1) is 19.1. The van der Waals surface area contributed by atoms with Crippen molar-refractivity contribution in [3.63, 3.8) is 0 Å². The van der Waals surface area contributed by atoms with Gasteiger partial charge in [-0.25, -0.2) is 4.68 Å². The summed E-state index contributed by atoms with van der Waals surface area (Å²) in [6, 6.07) is 11.9. The summed E-state index contributed by atoms with van der Waals surface area (Å²) < 4.78 is 44.5. The summed E-state index contributed by atoms with van der Waals surface area (Å²) in [7, 11) is 1.54. The predicted octanol–water partition coefficient (Wildman–Crippen LogP) is 3.78. The van der Waals surface area contributed by atoms with Gasteiger partial charge in [0.15, 0.2) is 5.92 Å². The summed E-state index contributed by atoms with van der Waals surface area (Å²) in [6.45, 7) is 0. The fourth-order valence-corrected chi connectivity index (χ4v) is 2.48. The first-order chi connectivity index (χ1) is 13.3. The van der Waals surface area contributed by atoms with Crippen molar-refractivity contribution in [1.29, 1.82) is 5.26 Å². The van der Waals surface area contributed by atoms with Gasteiger partial charge in [-0.1, -0.05) is 0 Å². The fraction of sp³-hybridized carbons (Fsp3) is 0.158. The molecule has 0 aliphatic carbocycles. The van der Waals surface area contributed by atoms with Crippen LogP contribution in [0.4, 0.5) is 13.2 Å². The van der Waals surface area contributed by atoms with Crippen LogP contribution in [-0.2, 0) is 6.18 Å². The molecule has 1 aromatic carbocycles. The van der Waals surface area contributed by atoms with E-state index in [2.05, 4.69) is 10.1 Å². The van der Waals surface area contributed by atoms with Crippen LogP contribution in [0.25, 0.3) is 5.69 Å². The van der Waals surface area contributed by atoms with Crippen LogP contribution < -0.4 is 4.74 Å². The lowest BCUT2D eigenvalue weighted by Gasteiger charge is -2.09. The van der Waals surface area contributed by atoms with Gasteiger partial charge in [-0.3, -0.25) is 9.78 Å². The van der Waals surface area contributed by atoms with E-state index in [9.17, 15) is 23.2 Å². The maximum Gasteiger partial charge on any atom is 0.417 e.